The molecule has 1 aromatic rings. The molecule has 0 saturated carbocycles. The molecule has 5 heteroatoms. The summed E-state index contributed by atoms with van der Waals surface area (Å²) in [6.45, 7) is 1.68. The molecule has 1 amide bonds. The first-order valence-corrected chi connectivity index (χ1v) is 7.17. The molecule has 2 atom stereocenters. The maximum Gasteiger partial charge on any atom is 0.249 e. The summed E-state index contributed by atoms with van der Waals surface area (Å²) in [4.78, 5) is 14.1. The lowest BCUT2D eigenvalue weighted by Crippen LogP contribution is -2.40. The third-order valence-electron chi connectivity index (χ3n) is 3.73. The number of likely N-dealkylation sites (tertiary alicyclic amines) is 1. The summed E-state index contributed by atoms with van der Waals surface area (Å²) in [6, 6.07) is 9.91. The Hall–Kier alpha value is -1.43. The molecule has 1 saturated heterocycles. The molecule has 0 unspecified atom stereocenters. The fourth-order valence-electron chi connectivity index (χ4n) is 2.61. The minimum absolute atomic E-state index is 0.00692. The van der Waals surface area contributed by atoms with Gasteiger partial charge in [-0.25, -0.2) is 0 Å². The minimum Gasteiger partial charge on any atom is -0.383 e. The Balaban J connectivity index is 1.81. The molecule has 1 aliphatic rings. The molecule has 5 nitrogen and oxygen atoms in total. The van der Waals surface area contributed by atoms with Crippen LogP contribution in [-0.4, -0.2) is 56.9 Å². The number of carbonyl (C=O) groups is 1. The van der Waals surface area contributed by atoms with E-state index in [1.165, 1.54) is 0 Å². The maximum atomic E-state index is 12.3. The third-order valence-corrected chi connectivity index (χ3v) is 3.73. The van der Waals surface area contributed by atoms with Crippen molar-refractivity contribution >= 4 is 5.91 Å². The molecule has 116 valence electrons. The summed E-state index contributed by atoms with van der Waals surface area (Å²) < 4.78 is 16.1. The van der Waals surface area contributed by atoms with Crippen molar-refractivity contribution in [3.8, 4) is 0 Å². The van der Waals surface area contributed by atoms with Crippen LogP contribution in [0, 0.1) is 0 Å². The zero-order valence-electron chi connectivity index (χ0n) is 12.7. The van der Waals surface area contributed by atoms with Gasteiger partial charge in [-0.15, -0.1) is 0 Å². The van der Waals surface area contributed by atoms with Crippen molar-refractivity contribution in [2.24, 2.45) is 0 Å². The van der Waals surface area contributed by atoms with Gasteiger partial charge < -0.3 is 19.1 Å². The molecular weight excluding hydrogens is 270 g/mol. The number of methoxy groups -OCH3 is 2. The smallest absolute Gasteiger partial charge is 0.249 e. The summed E-state index contributed by atoms with van der Waals surface area (Å²) in [5, 5.41) is 0. The summed E-state index contributed by atoms with van der Waals surface area (Å²) in [6.07, 6.45) is 0.901. The molecule has 2 rings (SSSR count). The minimum atomic E-state index is -0.00692. The first-order chi connectivity index (χ1) is 10.2. The molecule has 0 spiro atoms. The number of nitrogens with zero attached hydrogens (tertiary/aromatic N) is 1. The van der Waals surface area contributed by atoms with Crippen LogP contribution >= 0.6 is 0 Å². The molecule has 21 heavy (non-hydrogen) atoms. The van der Waals surface area contributed by atoms with Crippen molar-refractivity contribution in [1.29, 1.82) is 0 Å². The van der Waals surface area contributed by atoms with Gasteiger partial charge in [0.1, 0.15) is 6.61 Å². The van der Waals surface area contributed by atoms with E-state index in [1.54, 1.807) is 14.2 Å². The molecule has 1 aromatic carbocycles. The predicted molar refractivity (Wildman–Crippen MR) is 78.9 cm³/mol. The average molecular weight is 293 g/mol. The molecule has 1 aliphatic heterocycles. The highest BCUT2D eigenvalue weighted by atomic mass is 16.5. The van der Waals surface area contributed by atoms with Crippen LogP contribution < -0.4 is 0 Å². The number of amides is 1. The van der Waals surface area contributed by atoms with Crippen molar-refractivity contribution < 1.29 is 19.0 Å². The summed E-state index contributed by atoms with van der Waals surface area (Å²) in [7, 11) is 3.32. The van der Waals surface area contributed by atoms with Gasteiger partial charge in [0, 0.05) is 20.8 Å². The molecule has 1 fully saturated rings. The number of hydrogen-bond acceptors (Lipinski definition) is 4. The second-order valence-electron chi connectivity index (χ2n) is 5.23. The highest BCUT2D eigenvalue weighted by Gasteiger charge is 2.35. The van der Waals surface area contributed by atoms with Gasteiger partial charge in [0.15, 0.2) is 0 Å². The zero-order chi connectivity index (χ0) is 15.1. The van der Waals surface area contributed by atoms with E-state index in [2.05, 4.69) is 0 Å². The van der Waals surface area contributed by atoms with Crippen LogP contribution in [0.4, 0.5) is 0 Å². The van der Waals surface area contributed by atoms with Gasteiger partial charge in [0.05, 0.1) is 25.4 Å². The first kappa shape index (κ1) is 15.9. The Bertz CT molecular complexity index is 437. The van der Waals surface area contributed by atoms with E-state index in [1.807, 2.05) is 35.2 Å². The Labute approximate surface area is 125 Å². The molecular formula is C16H23NO4. The van der Waals surface area contributed by atoms with Crippen LogP contribution in [-0.2, 0) is 25.6 Å². The number of rotatable bonds is 7. The van der Waals surface area contributed by atoms with Crippen molar-refractivity contribution in [3.63, 3.8) is 0 Å². The molecule has 0 radical (unpaired) electrons. The van der Waals surface area contributed by atoms with Gasteiger partial charge in [-0.2, -0.15) is 0 Å². The van der Waals surface area contributed by atoms with Crippen LogP contribution in [0.3, 0.4) is 0 Å². The van der Waals surface area contributed by atoms with E-state index in [9.17, 15) is 4.79 Å². The van der Waals surface area contributed by atoms with Crippen molar-refractivity contribution in [2.75, 3.05) is 34.0 Å². The highest BCUT2D eigenvalue weighted by molar-refractivity contribution is 5.78. The predicted octanol–water partition coefficient (Wildman–Crippen LogP) is 1.47. The normalized spacial score (nSPS) is 21.7. The molecule has 1 heterocycles. The van der Waals surface area contributed by atoms with E-state index >= 15 is 0 Å². The van der Waals surface area contributed by atoms with E-state index in [-0.39, 0.29) is 24.7 Å². The average Bonchev–Trinajstić information content (AvgIpc) is 2.92. The second kappa shape index (κ2) is 8.12. The summed E-state index contributed by atoms with van der Waals surface area (Å²) in [5.74, 6) is -0.00692. The monoisotopic (exact) mass is 293 g/mol. The van der Waals surface area contributed by atoms with Crippen molar-refractivity contribution in [3.05, 3.63) is 35.9 Å². The van der Waals surface area contributed by atoms with Crippen LogP contribution in [0.25, 0.3) is 0 Å². The number of ether oxygens (including phenoxy) is 3. The fraction of sp³-hybridized carbons (Fsp3) is 0.562. The van der Waals surface area contributed by atoms with Crippen molar-refractivity contribution in [1.82, 2.24) is 4.90 Å². The first-order valence-electron chi connectivity index (χ1n) is 7.17. The van der Waals surface area contributed by atoms with Gasteiger partial charge in [-0.1, -0.05) is 30.3 Å². The van der Waals surface area contributed by atoms with Gasteiger partial charge in [0.25, 0.3) is 0 Å². The highest BCUT2D eigenvalue weighted by Crippen LogP contribution is 2.20. The van der Waals surface area contributed by atoms with Gasteiger partial charge in [-0.3, -0.25) is 4.79 Å². The molecule has 0 aromatic heterocycles. The van der Waals surface area contributed by atoms with E-state index in [0.717, 1.165) is 12.0 Å². The van der Waals surface area contributed by atoms with Gasteiger partial charge in [-0.05, 0) is 12.0 Å². The number of hydrogen-bond donors (Lipinski definition) is 0. The van der Waals surface area contributed by atoms with E-state index < -0.39 is 0 Å². The SMILES string of the molecule is COC[C@@H]1C[C@@H](OC)CN1C(=O)COCc1ccccc1. The Morgan fingerprint density at radius 3 is 2.71 bits per heavy atom. The zero-order valence-corrected chi connectivity index (χ0v) is 12.7. The van der Waals surface area contributed by atoms with Gasteiger partial charge >= 0.3 is 0 Å². The Kier molecular flexibility index (Phi) is 6.17. The van der Waals surface area contributed by atoms with Crippen molar-refractivity contribution in [2.45, 2.75) is 25.2 Å². The lowest BCUT2D eigenvalue weighted by Gasteiger charge is -2.23. The lowest BCUT2D eigenvalue weighted by molar-refractivity contribution is -0.138. The van der Waals surface area contributed by atoms with Crippen LogP contribution in [0.1, 0.15) is 12.0 Å². The topological polar surface area (TPSA) is 48.0 Å². The molecule has 0 bridgehead atoms. The van der Waals surface area contributed by atoms with Crippen LogP contribution in [0.15, 0.2) is 30.3 Å². The number of benzene rings is 1. The van der Waals surface area contributed by atoms with E-state index in [0.29, 0.717) is 19.8 Å². The molecule has 0 N–H and O–H groups in total. The Morgan fingerprint density at radius 1 is 1.29 bits per heavy atom. The lowest BCUT2D eigenvalue weighted by atomic mass is 10.2. The third kappa shape index (κ3) is 4.52. The largest absolute Gasteiger partial charge is 0.383 e. The summed E-state index contributed by atoms with van der Waals surface area (Å²) in [5.41, 5.74) is 1.06. The van der Waals surface area contributed by atoms with Crippen LogP contribution in [0.5, 0.6) is 0 Å². The maximum absolute atomic E-state index is 12.3. The number of carbonyl (C=O) groups excluding carboxylic acids is 1. The quantitative estimate of drug-likeness (QED) is 0.764. The van der Waals surface area contributed by atoms with Crippen LogP contribution in [0.2, 0.25) is 0 Å². The van der Waals surface area contributed by atoms with E-state index in [4.69, 9.17) is 14.2 Å². The summed E-state index contributed by atoms with van der Waals surface area (Å²) >= 11 is 0. The second-order valence-corrected chi connectivity index (χ2v) is 5.23. The standard InChI is InChI=1S/C16H23NO4/c1-19-11-14-8-15(20-2)9-17(14)16(18)12-21-10-13-6-4-3-5-7-13/h3-7,14-15H,8-12H2,1-2H3/t14-,15+/m0/s1. The molecule has 0 aliphatic carbocycles. The Morgan fingerprint density at radius 2 is 2.05 bits per heavy atom. The van der Waals surface area contributed by atoms with Gasteiger partial charge in [0.2, 0.25) is 5.91 Å². The fourth-order valence-corrected chi connectivity index (χ4v) is 2.61.